The average Bonchev–Trinajstić information content (AvgIpc) is 2.44. The lowest BCUT2D eigenvalue weighted by Gasteiger charge is -2.10. The van der Waals surface area contributed by atoms with Crippen molar-refractivity contribution < 1.29 is 14.6 Å². The molecule has 0 spiro atoms. The van der Waals surface area contributed by atoms with Crippen molar-refractivity contribution >= 4 is 6.29 Å². The van der Waals surface area contributed by atoms with Crippen LogP contribution < -0.4 is 0 Å². The van der Waals surface area contributed by atoms with Crippen molar-refractivity contribution in [1.82, 2.24) is 0 Å². The second kappa shape index (κ2) is 11.2. The van der Waals surface area contributed by atoms with Gasteiger partial charge in [0.25, 0.3) is 6.29 Å². The van der Waals surface area contributed by atoms with E-state index in [1.165, 1.54) is 32.1 Å². The highest BCUT2D eigenvalue weighted by Gasteiger charge is 2.55. The van der Waals surface area contributed by atoms with Crippen LogP contribution in [0.2, 0.25) is 0 Å². The van der Waals surface area contributed by atoms with Gasteiger partial charge in [-0.15, -0.1) is 0 Å². The SMILES string of the molecule is CCCCCCCCCCCCC(C=O)([N+](=O)[O-])[N+](=O)[O-]. The Bertz CT molecular complexity index is 319. The summed E-state index contributed by atoms with van der Waals surface area (Å²) < 4.78 is 0. The van der Waals surface area contributed by atoms with E-state index < -0.39 is 15.5 Å². The molecule has 0 unspecified atom stereocenters. The van der Waals surface area contributed by atoms with Crippen LogP contribution in [0.3, 0.4) is 0 Å². The highest BCUT2D eigenvalue weighted by molar-refractivity contribution is 5.59. The molecular formula is C14H26N2O5. The smallest absolute Gasteiger partial charge is 0.287 e. The molecule has 0 aromatic carbocycles. The molecule has 0 heterocycles. The first-order chi connectivity index (χ1) is 10.0. The van der Waals surface area contributed by atoms with Gasteiger partial charge < -0.3 is 0 Å². The Kier molecular flexibility index (Phi) is 10.4. The molecule has 0 atom stereocenters. The molecule has 0 fully saturated rings. The third-order valence-electron chi connectivity index (χ3n) is 3.72. The summed E-state index contributed by atoms with van der Waals surface area (Å²) in [6.07, 6.45) is 9.82. The maximum atomic E-state index is 10.7. The maximum Gasteiger partial charge on any atom is 0.512 e. The van der Waals surface area contributed by atoms with Crippen LogP contribution in [-0.2, 0) is 4.79 Å². The Morgan fingerprint density at radius 3 is 1.52 bits per heavy atom. The van der Waals surface area contributed by atoms with Crippen molar-refractivity contribution in [2.75, 3.05) is 0 Å². The van der Waals surface area contributed by atoms with E-state index in [9.17, 15) is 25.0 Å². The molecule has 0 amide bonds. The van der Waals surface area contributed by atoms with Gasteiger partial charge in [-0.05, 0) is 6.42 Å². The zero-order chi connectivity index (χ0) is 16.1. The van der Waals surface area contributed by atoms with Crippen LogP contribution in [0, 0.1) is 20.2 Å². The maximum absolute atomic E-state index is 10.7. The molecule has 21 heavy (non-hydrogen) atoms. The fraction of sp³-hybridized carbons (Fsp3) is 0.929. The van der Waals surface area contributed by atoms with Gasteiger partial charge in [-0.3, -0.25) is 25.0 Å². The van der Waals surface area contributed by atoms with Crippen molar-refractivity contribution in [3.8, 4) is 0 Å². The molecule has 0 aromatic heterocycles. The van der Waals surface area contributed by atoms with Crippen molar-refractivity contribution in [1.29, 1.82) is 0 Å². The van der Waals surface area contributed by atoms with E-state index in [2.05, 4.69) is 6.92 Å². The van der Waals surface area contributed by atoms with Gasteiger partial charge >= 0.3 is 5.66 Å². The summed E-state index contributed by atoms with van der Waals surface area (Å²) in [5.41, 5.74) is -2.65. The van der Waals surface area contributed by atoms with Gasteiger partial charge in [0.15, 0.2) is 0 Å². The zero-order valence-corrected chi connectivity index (χ0v) is 12.8. The first kappa shape index (κ1) is 19.5. The molecule has 7 nitrogen and oxygen atoms in total. The summed E-state index contributed by atoms with van der Waals surface area (Å²) in [4.78, 5) is 30.0. The lowest BCUT2D eigenvalue weighted by atomic mass is 10.0. The Hall–Kier alpha value is -1.53. The largest absolute Gasteiger partial charge is 0.512 e. The van der Waals surface area contributed by atoms with E-state index in [0.717, 1.165) is 19.3 Å². The number of carbonyl (C=O) groups is 1. The molecule has 0 rings (SSSR count). The van der Waals surface area contributed by atoms with Gasteiger partial charge in [0.2, 0.25) is 0 Å². The van der Waals surface area contributed by atoms with Gasteiger partial charge in [-0.25, -0.2) is 0 Å². The van der Waals surface area contributed by atoms with Crippen LogP contribution in [0.1, 0.15) is 77.6 Å². The summed E-state index contributed by atoms with van der Waals surface area (Å²) in [5.74, 6) is 0. The third kappa shape index (κ3) is 7.15. The molecule has 0 aromatic rings. The Labute approximate surface area is 125 Å². The Balaban J connectivity index is 3.76. The average molecular weight is 302 g/mol. The van der Waals surface area contributed by atoms with E-state index in [1.54, 1.807) is 0 Å². The minimum Gasteiger partial charge on any atom is -0.287 e. The Morgan fingerprint density at radius 2 is 1.19 bits per heavy atom. The number of nitro groups is 2. The monoisotopic (exact) mass is 302 g/mol. The van der Waals surface area contributed by atoms with Crippen LogP contribution in [0.25, 0.3) is 0 Å². The first-order valence-electron chi connectivity index (χ1n) is 7.76. The minimum atomic E-state index is -2.65. The third-order valence-corrected chi connectivity index (χ3v) is 3.72. The molecular weight excluding hydrogens is 276 g/mol. The molecule has 0 saturated heterocycles. The quantitative estimate of drug-likeness (QED) is 0.160. The molecule has 0 N–H and O–H groups in total. The van der Waals surface area contributed by atoms with Crippen LogP contribution in [0.15, 0.2) is 0 Å². The standard InChI is InChI=1S/C14H26N2O5/c1-2-3-4-5-6-7-8-9-10-11-12-14(13-17,15(18)19)16(20)21/h13H,2-12H2,1H3. The molecule has 0 aliphatic heterocycles. The van der Waals surface area contributed by atoms with Gasteiger partial charge in [0.1, 0.15) is 9.85 Å². The summed E-state index contributed by atoms with van der Waals surface area (Å²) in [6.45, 7) is 2.18. The van der Waals surface area contributed by atoms with Crippen LogP contribution in [-0.4, -0.2) is 21.8 Å². The topological polar surface area (TPSA) is 103 Å². The van der Waals surface area contributed by atoms with Gasteiger partial charge in [-0.1, -0.05) is 64.7 Å². The lowest BCUT2D eigenvalue weighted by Crippen LogP contribution is -2.47. The number of carbonyl (C=O) groups excluding carboxylic acids is 1. The van der Waals surface area contributed by atoms with Crippen LogP contribution in [0.4, 0.5) is 0 Å². The normalized spacial score (nSPS) is 11.3. The molecule has 0 bridgehead atoms. The van der Waals surface area contributed by atoms with Crippen molar-refractivity contribution in [3.63, 3.8) is 0 Å². The highest BCUT2D eigenvalue weighted by Crippen LogP contribution is 2.19. The number of nitrogens with zero attached hydrogens (tertiary/aromatic N) is 2. The Morgan fingerprint density at radius 1 is 0.810 bits per heavy atom. The van der Waals surface area contributed by atoms with Crippen LogP contribution in [0.5, 0.6) is 0 Å². The number of aldehydes is 1. The fourth-order valence-electron chi connectivity index (χ4n) is 2.27. The number of hydrogen-bond acceptors (Lipinski definition) is 5. The number of rotatable bonds is 14. The molecule has 0 aliphatic rings. The van der Waals surface area contributed by atoms with E-state index in [-0.39, 0.29) is 12.7 Å². The highest BCUT2D eigenvalue weighted by atomic mass is 16.7. The van der Waals surface area contributed by atoms with E-state index >= 15 is 0 Å². The predicted octanol–water partition coefficient (Wildman–Crippen LogP) is 3.75. The molecule has 7 heteroatoms. The van der Waals surface area contributed by atoms with E-state index in [0.29, 0.717) is 12.8 Å². The molecule has 0 saturated carbocycles. The molecule has 0 aliphatic carbocycles. The zero-order valence-electron chi connectivity index (χ0n) is 12.8. The van der Waals surface area contributed by atoms with Crippen LogP contribution >= 0.6 is 0 Å². The van der Waals surface area contributed by atoms with Gasteiger partial charge in [0.05, 0.1) is 6.42 Å². The number of unbranched alkanes of at least 4 members (excludes halogenated alkanes) is 9. The molecule has 0 radical (unpaired) electrons. The lowest BCUT2D eigenvalue weighted by molar-refractivity contribution is -0.774. The van der Waals surface area contributed by atoms with E-state index in [4.69, 9.17) is 0 Å². The summed E-state index contributed by atoms with van der Waals surface area (Å²) >= 11 is 0. The first-order valence-corrected chi connectivity index (χ1v) is 7.76. The number of hydrogen-bond donors (Lipinski definition) is 0. The van der Waals surface area contributed by atoms with Gasteiger partial charge in [0, 0.05) is 0 Å². The summed E-state index contributed by atoms with van der Waals surface area (Å²) in [5, 5.41) is 21.4. The predicted molar refractivity (Wildman–Crippen MR) is 79.2 cm³/mol. The second-order valence-electron chi connectivity index (χ2n) is 5.44. The van der Waals surface area contributed by atoms with E-state index in [1.807, 2.05) is 0 Å². The van der Waals surface area contributed by atoms with Crippen molar-refractivity contribution in [3.05, 3.63) is 20.2 Å². The minimum absolute atomic E-state index is 0.152. The fourth-order valence-corrected chi connectivity index (χ4v) is 2.27. The molecule has 122 valence electrons. The van der Waals surface area contributed by atoms with Crippen molar-refractivity contribution in [2.45, 2.75) is 83.2 Å². The summed E-state index contributed by atoms with van der Waals surface area (Å²) in [6, 6.07) is 0. The van der Waals surface area contributed by atoms with Crippen molar-refractivity contribution in [2.24, 2.45) is 0 Å². The second-order valence-corrected chi connectivity index (χ2v) is 5.44. The van der Waals surface area contributed by atoms with Gasteiger partial charge in [-0.2, -0.15) is 0 Å². The summed E-state index contributed by atoms with van der Waals surface area (Å²) in [7, 11) is 0.